The SMILES string of the molecule is CN1CCN(C(=O)c2cc3cc(Nc4nccc(-c5cc(OC[C@H]6CCCO6)ccn5)n4)ccc3[nH]2)CC1. The number of aromatic amines is 1. The summed E-state index contributed by atoms with van der Waals surface area (Å²) < 4.78 is 11.6. The maximum Gasteiger partial charge on any atom is 0.270 e. The van der Waals surface area contributed by atoms with E-state index in [2.05, 4.69) is 37.2 Å². The number of ether oxygens (including phenoxy) is 2. The normalized spacial score (nSPS) is 18.1. The van der Waals surface area contributed by atoms with Gasteiger partial charge < -0.3 is 29.6 Å². The van der Waals surface area contributed by atoms with Gasteiger partial charge in [0.2, 0.25) is 5.95 Å². The molecule has 1 amide bonds. The summed E-state index contributed by atoms with van der Waals surface area (Å²) in [5.74, 6) is 1.23. The molecule has 2 fully saturated rings. The topological polar surface area (TPSA) is 108 Å². The summed E-state index contributed by atoms with van der Waals surface area (Å²) in [5, 5.41) is 4.22. The van der Waals surface area contributed by atoms with Crippen LogP contribution < -0.4 is 10.1 Å². The third-order valence-electron chi connectivity index (χ3n) is 7.01. The second-order valence-corrected chi connectivity index (χ2v) is 9.79. The van der Waals surface area contributed by atoms with Crippen LogP contribution >= 0.6 is 0 Å². The monoisotopic (exact) mass is 513 g/mol. The minimum Gasteiger partial charge on any atom is -0.491 e. The van der Waals surface area contributed by atoms with E-state index in [1.54, 1.807) is 12.4 Å². The number of hydrogen-bond donors (Lipinski definition) is 2. The summed E-state index contributed by atoms with van der Waals surface area (Å²) in [6.45, 7) is 4.60. The lowest BCUT2D eigenvalue weighted by molar-refractivity contribution is 0.0659. The van der Waals surface area contributed by atoms with Crippen LogP contribution in [0.4, 0.5) is 11.6 Å². The summed E-state index contributed by atoms with van der Waals surface area (Å²) in [6, 6.07) is 13.3. The fourth-order valence-electron chi connectivity index (χ4n) is 4.80. The van der Waals surface area contributed by atoms with Gasteiger partial charge >= 0.3 is 0 Å². The fraction of sp³-hybridized carbons (Fsp3) is 0.357. The van der Waals surface area contributed by atoms with Gasteiger partial charge in [0, 0.05) is 67.8 Å². The first-order chi connectivity index (χ1) is 18.6. The molecule has 2 aliphatic heterocycles. The second-order valence-electron chi connectivity index (χ2n) is 9.79. The van der Waals surface area contributed by atoms with Crippen molar-refractivity contribution in [3.63, 3.8) is 0 Å². The van der Waals surface area contributed by atoms with E-state index in [4.69, 9.17) is 9.47 Å². The molecular formula is C28H31N7O3. The zero-order chi connectivity index (χ0) is 25.9. The number of fused-ring (bicyclic) bond motifs is 1. The van der Waals surface area contributed by atoms with Crippen molar-refractivity contribution in [3.05, 3.63) is 60.6 Å². The summed E-state index contributed by atoms with van der Waals surface area (Å²) >= 11 is 0. The van der Waals surface area contributed by atoms with Gasteiger partial charge in [0.1, 0.15) is 18.1 Å². The van der Waals surface area contributed by atoms with Gasteiger partial charge in [-0.3, -0.25) is 9.78 Å². The highest BCUT2D eigenvalue weighted by atomic mass is 16.5. The van der Waals surface area contributed by atoms with Crippen molar-refractivity contribution in [1.29, 1.82) is 0 Å². The Hall–Kier alpha value is -4.02. The number of piperazine rings is 1. The van der Waals surface area contributed by atoms with E-state index in [-0.39, 0.29) is 12.0 Å². The molecule has 2 saturated heterocycles. The first-order valence-corrected chi connectivity index (χ1v) is 13.0. The minimum atomic E-state index is 0.0364. The molecule has 2 aliphatic rings. The first kappa shape index (κ1) is 24.3. The number of pyridine rings is 1. The average molecular weight is 514 g/mol. The Bertz CT molecular complexity index is 1430. The number of amides is 1. The average Bonchev–Trinajstić information content (AvgIpc) is 3.62. The van der Waals surface area contributed by atoms with Crippen LogP contribution in [0.5, 0.6) is 5.75 Å². The van der Waals surface area contributed by atoms with Crippen LogP contribution in [0.15, 0.2) is 54.9 Å². The van der Waals surface area contributed by atoms with Gasteiger partial charge in [0.05, 0.1) is 17.5 Å². The maximum atomic E-state index is 13.0. The van der Waals surface area contributed by atoms with Crippen LogP contribution in [0.25, 0.3) is 22.3 Å². The Kier molecular flexibility index (Phi) is 6.89. The molecule has 0 aliphatic carbocycles. The van der Waals surface area contributed by atoms with Crippen molar-refractivity contribution in [3.8, 4) is 17.1 Å². The number of carbonyl (C=O) groups is 1. The summed E-state index contributed by atoms with van der Waals surface area (Å²) in [4.78, 5) is 33.9. The van der Waals surface area contributed by atoms with Gasteiger partial charge in [0.25, 0.3) is 5.91 Å². The third kappa shape index (κ3) is 5.46. The first-order valence-electron chi connectivity index (χ1n) is 13.0. The van der Waals surface area contributed by atoms with E-state index in [1.807, 2.05) is 47.4 Å². The Morgan fingerprint density at radius 2 is 1.95 bits per heavy atom. The molecule has 5 heterocycles. The van der Waals surface area contributed by atoms with Gasteiger partial charge in [-0.05, 0) is 56.3 Å². The largest absolute Gasteiger partial charge is 0.491 e. The van der Waals surface area contributed by atoms with E-state index >= 15 is 0 Å². The Labute approximate surface area is 221 Å². The summed E-state index contributed by atoms with van der Waals surface area (Å²) in [6.07, 6.45) is 5.69. The van der Waals surface area contributed by atoms with Crippen molar-refractivity contribution >= 4 is 28.4 Å². The third-order valence-corrected chi connectivity index (χ3v) is 7.01. The number of H-pyrrole nitrogens is 1. The molecule has 3 aromatic heterocycles. The van der Waals surface area contributed by atoms with E-state index in [0.29, 0.717) is 29.6 Å². The smallest absolute Gasteiger partial charge is 0.270 e. The molecule has 0 unspecified atom stereocenters. The highest BCUT2D eigenvalue weighted by Gasteiger charge is 2.22. The van der Waals surface area contributed by atoms with Crippen LogP contribution in [-0.2, 0) is 4.74 Å². The predicted molar refractivity (Wildman–Crippen MR) is 145 cm³/mol. The number of nitrogens with one attached hydrogen (secondary N) is 2. The Morgan fingerprint density at radius 1 is 1.08 bits per heavy atom. The molecule has 10 nitrogen and oxygen atoms in total. The fourth-order valence-corrected chi connectivity index (χ4v) is 4.80. The van der Waals surface area contributed by atoms with Crippen molar-refractivity contribution < 1.29 is 14.3 Å². The van der Waals surface area contributed by atoms with Gasteiger partial charge in [-0.25, -0.2) is 9.97 Å². The maximum absolute atomic E-state index is 13.0. The number of aromatic nitrogens is 4. The zero-order valence-corrected chi connectivity index (χ0v) is 21.4. The highest BCUT2D eigenvalue weighted by molar-refractivity contribution is 5.98. The molecule has 0 spiro atoms. The zero-order valence-electron chi connectivity index (χ0n) is 21.4. The lowest BCUT2D eigenvalue weighted by Gasteiger charge is -2.32. The van der Waals surface area contributed by atoms with Crippen molar-refractivity contribution in [1.82, 2.24) is 29.7 Å². The number of nitrogens with zero attached hydrogens (tertiary/aromatic N) is 5. The minimum absolute atomic E-state index is 0.0364. The second kappa shape index (κ2) is 10.8. The van der Waals surface area contributed by atoms with Gasteiger partial charge in [0.15, 0.2) is 0 Å². The van der Waals surface area contributed by atoms with Crippen molar-refractivity contribution in [2.45, 2.75) is 18.9 Å². The molecule has 1 atom stereocenters. The van der Waals surface area contributed by atoms with Crippen LogP contribution in [0.1, 0.15) is 23.3 Å². The molecule has 2 N–H and O–H groups in total. The Balaban J connectivity index is 1.15. The molecule has 6 rings (SSSR count). The van der Waals surface area contributed by atoms with Crippen LogP contribution in [0, 0.1) is 0 Å². The van der Waals surface area contributed by atoms with E-state index in [0.717, 1.165) is 68.0 Å². The summed E-state index contributed by atoms with van der Waals surface area (Å²) in [5.41, 5.74) is 3.73. The molecule has 0 radical (unpaired) electrons. The number of rotatable bonds is 7. The van der Waals surface area contributed by atoms with Crippen molar-refractivity contribution in [2.75, 3.05) is 51.8 Å². The summed E-state index contributed by atoms with van der Waals surface area (Å²) in [7, 11) is 2.08. The van der Waals surface area contributed by atoms with Crippen LogP contribution in [-0.4, -0.2) is 88.2 Å². The number of benzene rings is 1. The lowest BCUT2D eigenvalue weighted by Crippen LogP contribution is -2.47. The van der Waals surface area contributed by atoms with Crippen molar-refractivity contribution in [2.24, 2.45) is 0 Å². The number of anilines is 2. The molecule has 10 heteroatoms. The number of hydrogen-bond acceptors (Lipinski definition) is 8. The quantitative estimate of drug-likeness (QED) is 0.385. The van der Waals surface area contributed by atoms with E-state index < -0.39 is 0 Å². The Morgan fingerprint density at radius 3 is 2.79 bits per heavy atom. The molecule has 38 heavy (non-hydrogen) atoms. The highest BCUT2D eigenvalue weighted by Crippen LogP contribution is 2.25. The predicted octanol–water partition coefficient (Wildman–Crippen LogP) is 3.71. The number of likely N-dealkylation sites (N-methyl/N-ethyl adjacent to an activating group) is 1. The molecule has 196 valence electrons. The molecule has 0 saturated carbocycles. The van der Waals surface area contributed by atoms with E-state index in [1.165, 1.54) is 0 Å². The van der Waals surface area contributed by atoms with E-state index in [9.17, 15) is 4.79 Å². The van der Waals surface area contributed by atoms with Gasteiger partial charge in [-0.15, -0.1) is 0 Å². The lowest BCUT2D eigenvalue weighted by atomic mass is 10.2. The standard InChI is InChI=1S/C28H31N7O3/c1-34-10-12-35(13-11-34)27(36)26-16-19-15-20(4-5-23(19)32-26)31-28-30-9-7-24(33-28)25-17-21(6-8-29-25)38-18-22-3-2-14-37-22/h4-9,15-17,22,32H,2-3,10-14,18H2,1H3,(H,30,31,33)/t22-/m1/s1. The molecule has 1 aromatic carbocycles. The molecular weight excluding hydrogens is 482 g/mol. The van der Waals surface area contributed by atoms with Gasteiger partial charge in [-0.1, -0.05) is 0 Å². The molecule has 4 aromatic rings. The van der Waals surface area contributed by atoms with Crippen LogP contribution in [0.3, 0.4) is 0 Å². The van der Waals surface area contributed by atoms with Crippen LogP contribution in [0.2, 0.25) is 0 Å². The molecule has 0 bridgehead atoms. The number of carbonyl (C=O) groups excluding carboxylic acids is 1. The van der Waals surface area contributed by atoms with Gasteiger partial charge in [-0.2, -0.15) is 0 Å².